The second-order valence-corrected chi connectivity index (χ2v) is 4.65. The summed E-state index contributed by atoms with van der Waals surface area (Å²) in [7, 11) is 1.87. The van der Waals surface area contributed by atoms with Crippen LogP contribution in [0.15, 0.2) is 43.2 Å². The summed E-state index contributed by atoms with van der Waals surface area (Å²) in [5, 5.41) is 2.95. The van der Waals surface area contributed by atoms with E-state index >= 15 is 0 Å². The fraction of sp³-hybridized carbons (Fsp3) is 0.250. The molecule has 4 nitrogen and oxygen atoms in total. The quantitative estimate of drug-likeness (QED) is 0.828. The maximum absolute atomic E-state index is 12.2. The molecule has 1 aromatic carbocycles. The molecule has 0 aliphatic heterocycles. The molecule has 0 radical (unpaired) electrons. The fourth-order valence-electron chi connectivity index (χ4n) is 2.10. The molecular formula is C16H20N3O+. The molecule has 0 unspecified atom stereocenters. The van der Waals surface area contributed by atoms with Crippen molar-refractivity contribution < 1.29 is 9.36 Å². The van der Waals surface area contributed by atoms with Gasteiger partial charge in [-0.25, -0.2) is 9.13 Å². The van der Waals surface area contributed by atoms with E-state index in [0.29, 0.717) is 12.4 Å². The number of nitrogens with zero attached hydrogens (tertiary/aromatic N) is 2. The van der Waals surface area contributed by atoms with E-state index in [1.54, 1.807) is 6.08 Å². The van der Waals surface area contributed by atoms with Gasteiger partial charge in [0.15, 0.2) is 0 Å². The van der Waals surface area contributed by atoms with Gasteiger partial charge in [-0.05, 0) is 18.1 Å². The number of hydrogen-bond acceptors (Lipinski definition) is 1. The number of benzene rings is 1. The highest BCUT2D eigenvalue weighted by Crippen LogP contribution is 2.05. The van der Waals surface area contributed by atoms with E-state index in [4.69, 9.17) is 0 Å². The smallest absolute Gasteiger partial charge is 0.341 e. The number of nitrogens with one attached hydrogen (secondary N) is 1. The summed E-state index contributed by atoms with van der Waals surface area (Å²) in [5.41, 5.74) is 2.15. The van der Waals surface area contributed by atoms with Gasteiger partial charge >= 0.3 is 11.7 Å². The fourth-order valence-corrected chi connectivity index (χ4v) is 2.10. The molecule has 1 N–H and O–H groups in total. The maximum Gasteiger partial charge on any atom is 0.347 e. The van der Waals surface area contributed by atoms with Crippen LogP contribution >= 0.6 is 0 Å². The lowest BCUT2D eigenvalue weighted by atomic mass is 10.1. The molecule has 0 saturated carbocycles. The molecule has 1 aromatic heterocycles. The summed E-state index contributed by atoms with van der Waals surface area (Å²) < 4.78 is 3.76. The zero-order valence-electron chi connectivity index (χ0n) is 12.0. The highest BCUT2D eigenvalue weighted by Gasteiger charge is 2.21. The summed E-state index contributed by atoms with van der Waals surface area (Å²) in [6, 6.07) is 7.97. The normalized spacial score (nSPS) is 10.3. The Bertz CT molecular complexity index is 611. The number of carbonyl (C=O) groups excluding carboxylic acids is 1. The highest BCUT2D eigenvalue weighted by atomic mass is 16.2. The average molecular weight is 270 g/mol. The van der Waals surface area contributed by atoms with Crippen LogP contribution < -0.4 is 9.88 Å². The minimum absolute atomic E-state index is 0.0628. The van der Waals surface area contributed by atoms with Gasteiger partial charge in [0.05, 0.1) is 13.6 Å². The molecular weight excluding hydrogens is 250 g/mol. The number of aromatic nitrogens is 2. The van der Waals surface area contributed by atoms with E-state index in [1.807, 2.05) is 59.8 Å². The molecule has 0 atom stereocenters. The van der Waals surface area contributed by atoms with Gasteiger partial charge < -0.3 is 5.32 Å². The van der Waals surface area contributed by atoms with Crippen molar-refractivity contribution in [2.24, 2.45) is 7.05 Å². The molecule has 1 heterocycles. The molecule has 0 bridgehead atoms. The van der Waals surface area contributed by atoms with Crippen molar-refractivity contribution in [2.75, 3.05) is 0 Å². The molecule has 0 saturated heterocycles. The van der Waals surface area contributed by atoms with E-state index in [1.165, 1.54) is 0 Å². The van der Waals surface area contributed by atoms with Crippen LogP contribution in [-0.2, 0) is 20.1 Å². The van der Waals surface area contributed by atoms with Crippen LogP contribution in [-0.4, -0.2) is 10.5 Å². The summed E-state index contributed by atoms with van der Waals surface area (Å²) in [5.74, 6) is 0.599. The SMILES string of the molecule is C=Cc1ccc(CNC(=O)c2n(CC)cc[n+]2C)cc1. The largest absolute Gasteiger partial charge is 0.347 e. The molecule has 0 aliphatic rings. The van der Waals surface area contributed by atoms with E-state index in [2.05, 4.69) is 11.9 Å². The van der Waals surface area contributed by atoms with Crippen molar-refractivity contribution in [3.63, 3.8) is 0 Å². The molecule has 4 heteroatoms. The number of hydrogen-bond donors (Lipinski definition) is 1. The van der Waals surface area contributed by atoms with E-state index in [-0.39, 0.29) is 5.91 Å². The van der Waals surface area contributed by atoms with Gasteiger partial charge in [0.1, 0.15) is 12.4 Å². The Hall–Kier alpha value is -2.36. The van der Waals surface area contributed by atoms with Crippen molar-refractivity contribution >= 4 is 12.0 Å². The van der Waals surface area contributed by atoms with Crippen molar-refractivity contribution in [2.45, 2.75) is 20.0 Å². The molecule has 0 spiro atoms. The Morgan fingerprint density at radius 1 is 1.40 bits per heavy atom. The van der Waals surface area contributed by atoms with Gasteiger partial charge in [-0.3, -0.25) is 4.79 Å². The van der Waals surface area contributed by atoms with Gasteiger partial charge in [-0.15, -0.1) is 0 Å². The van der Waals surface area contributed by atoms with Crippen LogP contribution in [0.5, 0.6) is 0 Å². The van der Waals surface area contributed by atoms with Crippen molar-refractivity contribution in [1.29, 1.82) is 0 Å². The monoisotopic (exact) mass is 270 g/mol. The molecule has 0 aliphatic carbocycles. The van der Waals surface area contributed by atoms with Gasteiger partial charge in [-0.2, -0.15) is 0 Å². The Kier molecular flexibility index (Phi) is 4.35. The zero-order valence-corrected chi connectivity index (χ0v) is 12.0. The Morgan fingerprint density at radius 3 is 2.70 bits per heavy atom. The number of imidazole rings is 1. The molecule has 2 rings (SSSR count). The minimum Gasteiger partial charge on any atom is -0.341 e. The van der Waals surface area contributed by atoms with Gasteiger partial charge in [0, 0.05) is 6.54 Å². The molecule has 104 valence electrons. The van der Waals surface area contributed by atoms with Gasteiger partial charge in [-0.1, -0.05) is 36.9 Å². The van der Waals surface area contributed by atoms with E-state index in [0.717, 1.165) is 17.7 Å². The van der Waals surface area contributed by atoms with Crippen LogP contribution in [0, 0.1) is 0 Å². The second-order valence-electron chi connectivity index (χ2n) is 4.65. The Balaban J connectivity index is 2.04. The van der Waals surface area contributed by atoms with Crippen LogP contribution in [0.1, 0.15) is 28.7 Å². The number of amides is 1. The van der Waals surface area contributed by atoms with Crippen LogP contribution in [0.4, 0.5) is 0 Å². The highest BCUT2D eigenvalue weighted by molar-refractivity contribution is 5.89. The first kappa shape index (κ1) is 14.1. The lowest BCUT2D eigenvalue weighted by molar-refractivity contribution is -0.673. The lowest BCUT2D eigenvalue weighted by Crippen LogP contribution is -2.40. The third-order valence-corrected chi connectivity index (χ3v) is 3.29. The van der Waals surface area contributed by atoms with E-state index < -0.39 is 0 Å². The Morgan fingerprint density at radius 2 is 2.10 bits per heavy atom. The standard InChI is InChI=1S/C16H19N3O/c1-4-13-6-8-14(9-7-13)12-17-15(20)16-18(3)10-11-19(16)5-2/h4,6-11H,1,5,12H2,2-3H3/p+1. The zero-order chi connectivity index (χ0) is 14.5. The third-order valence-electron chi connectivity index (χ3n) is 3.29. The minimum atomic E-state index is -0.0628. The van der Waals surface area contributed by atoms with Crippen LogP contribution in [0.2, 0.25) is 0 Å². The number of aryl methyl sites for hydroxylation is 2. The molecule has 1 amide bonds. The van der Waals surface area contributed by atoms with Gasteiger partial charge in [0.2, 0.25) is 0 Å². The van der Waals surface area contributed by atoms with Gasteiger partial charge in [0.25, 0.3) is 0 Å². The summed E-state index contributed by atoms with van der Waals surface area (Å²) >= 11 is 0. The third kappa shape index (κ3) is 2.96. The number of rotatable bonds is 5. The second kappa shape index (κ2) is 6.19. The first-order valence-corrected chi connectivity index (χ1v) is 6.70. The summed E-state index contributed by atoms with van der Waals surface area (Å²) in [4.78, 5) is 12.2. The van der Waals surface area contributed by atoms with Crippen molar-refractivity contribution in [3.8, 4) is 0 Å². The first-order chi connectivity index (χ1) is 9.65. The predicted octanol–water partition coefficient (Wildman–Crippen LogP) is 1.91. The average Bonchev–Trinajstić information content (AvgIpc) is 2.86. The van der Waals surface area contributed by atoms with Crippen molar-refractivity contribution in [1.82, 2.24) is 9.88 Å². The van der Waals surface area contributed by atoms with E-state index in [9.17, 15) is 4.79 Å². The van der Waals surface area contributed by atoms with Crippen LogP contribution in [0.3, 0.4) is 0 Å². The molecule has 20 heavy (non-hydrogen) atoms. The Labute approximate surface area is 119 Å². The lowest BCUT2D eigenvalue weighted by Gasteiger charge is -2.05. The van der Waals surface area contributed by atoms with Crippen LogP contribution in [0.25, 0.3) is 6.08 Å². The maximum atomic E-state index is 12.2. The molecule has 2 aromatic rings. The molecule has 0 fully saturated rings. The first-order valence-electron chi connectivity index (χ1n) is 6.70. The predicted molar refractivity (Wildman–Crippen MR) is 79.0 cm³/mol. The topological polar surface area (TPSA) is 37.9 Å². The number of carbonyl (C=O) groups is 1. The van der Waals surface area contributed by atoms with Crippen molar-refractivity contribution in [3.05, 3.63) is 60.2 Å². The summed E-state index contributed by atoms with van der Waals surface area (Å²) in [6.07, 6.45) is 5.60. The summed E-state index contributed by atoms with van der Waals surface area (Å²) in [6.45, 7) is 7.04.